The van der Waals surface area contributed by atoms with Gasteiger partial charge in [0.15, 0.2) is 0 Å². The SMILES string of the molecule is CCOC(=O)c1c(NC(=O)/C(C#N)=C/c2ccc(-c3cc(C(=O)O)ccc3Cl)o2)sc(C)c1C. The monoisotopic (exact) mass is 498 g/mol. The lowest BCUT2D eigenvalue weighted by Crippen LogP contribution is -2.16. The fraction of sp³-hybridized carbons (Fsp3) is 0.167. The Labute approximate surface area is 204 Å². The molecule has 0 spiro atoms. The molecule has 2 N–H and O–H groups in total. The maximum Gasteiger partial charge on any atom is 0.341 e. The minimum atomic E-state index is -1.12. The molecule has 0 aliphatic carbocycles. The van der Waals surface area contributed by atoms with E-state index in [4.69, 9.17) is 20.8 Å². The quantitative estimate of drug-likeness (QED) is 0.243. The maximum atomic E-state index is 12.8. The molecule has 2 heterocycles. The van der Waals surface area contributed by atoms with E-state index < -0.39 is 17.8 Å². The molecule has 174 valence electrons. The smallest absolute Gasteiger partial charge is 0.341 e. The van der Waals surface area contributed by atoms with Crippen LogP contribution in [0.3, 0.4) is 0 Å². The summed E-state index contributed by atoms with van der Waals surface area (Å²) in [5.41, 5.74) is 1.07. The van der Waals surface area contributed by atoms with Crippen LogP contribution in [0.15, 0.2) is 40.3 Å². The number of nitriles is 1. The van der Waals surface area contributed by atoms with Crippen molar-refractivity contribution in [3.8, 4) is 17.4 Å². The molecule has 8 nitrogen and oxygen atoms in total. The number of esters is 1. The van der Waals surface area contributed by atoms with Gasteiger partial charge in [-0.15, -0.1) is 11.3 Å². The molecule has 0 aliphatic rings. The highest BCUT2D eigenvalue weighted by Crippen LogP contribution is 2.34. The average Bonchev–Trinajstić information content (AvgIpc) is 3.36. The first-order valence-electron chi connectivity index (χ1n) is 9.99. The number of carbonyl (C=O) groups is 3. The molecule has 0 bridgehead atoms. The van der Waals surface area contributed by atoms with Crippen molar-refractivity contribution in [2.45, 2.75) is 20.8 Å². The number of ether oxygens (including phenoxy) is 1. The second kappa shape index (κ2) is 10.4. The lowest BCUT2D eigenvalue weighted by atomic mass is 10.1. The summed E-state index contributed by atoms with van der Waals surface area (Å²) in [6.45, 7) is 5.44. The Kier molecular flexibility index (Phi) is 7.56. The number of aryl methyl sites for hydroxylation is 1. The van der Waals surface area contributed by atoms with Gasteiger partial charge >= 0.3 is 11.9 Å². The third-order valence-corrected chi connectivity index (χ3v) is 6.30. The van der Waals surface area contributed by atoms with Crippen LogP contribution in [0.4, 0.5) is 5.00 Å². The number of aromatic carboxylic acids is 1. The summed E-state index contributed by atoms with van der Waals surface area (Å²) >= 11 is 7.38. The van der Waals surface area contributed by atoms with Gasteiger partial charge in [0, 0.05) is 16.5 Å². The van der Waals surface area contributed by atoms with Gasteiger partial charge in [-0.1, -0.05) is 11.6 Å². The predicted octanol–water partition coefficient (Wildman–Crippen LogP) is 5.70. The van der Waals surface area contributed by atoms with Crippen molar-refractivity contribution < 1.29 is 28.6 Å². The van der Waals surface area contributed by atoms with E-state index in [9.17, 15) is 24.8 Å². The van der Waals surface area contributed by atoms with Gasteiger partial charge in [0.2, 0.25) is 0 Å². The first kappa shape index (κ1) is 24.8. The number of carboxylic acid groups (broad SMARTS) is 1. The largest absolute Gasteiger partial charge is 0.478 e. The highest BCUT2D eigenvalue weighted by atomic mass is 35.5. The number of furan rings is 1. The molecule has 34 heavy (non-hydrogen) atoms. The van der Waals surface area contributed by atoms with Gasteiger partial charge in [-0.25, -0.2) is 9.59 Å². The molecule has 10 heteroatoms. The number of nitrogens with zero attached hydrogens (tertiary/aromatic N) is 1. The van der Waals surface area contributed by atoms with Crippen molar-refractivity contribution in [2.24, 2.45) is 0 Å². The van der Waals surface area contributed by atoms with Crippen molar-refractivity contribution >= 4 is 51.9 Å². The zero-order valence-corrected chi connectivity index (χ0v) is 20.0. The van der Waals surface area contributed by atoms with Crippen molar-refractivity contribution in [3.63, 3.8) is 0 Å². The van der Waals surface area contributed by atoms with Gasteiger partial charge in [0.1, 0.15) is 28.2 Å². The number of hydrogen-bond acceptors (Lipinski definition) is 7. The van der Waals surface area contributed by atoms with Gasteiger partial charge < -0.3 is 19.6 Å². The number of thiophene rings is 1. The standard InChI is InChI=1S/C24H19ClN2O6S/c1-4-32-24(31)20-12(2)13(3)34-22(20)27-21(28)15(11-26)9-16-6-8-19(33-16)17-10-14(23(29)30)5-7-18(17)25/h5-10H,4H2,1-3H3,(H,27,28)(H,29,30)/b15-9+. The second-order valence-electron chi connectivity index (χ2n) is 7.03. The molecule has 0 radical (unpaired) electrons. The number of amides is 1. The number of rotatable bonds is 7. The van der Waals surface area contributed by atoms with Crippen LogP contribution in [0.1, 0.15) is 43.8 Å². The van der Waals surface area contributed by atoms with Crippen molar-refractivity contribution in [2.75, 3.05) is 11.9 Å². The first-order chi connectivity index (χ1) is 16.2. The predicted molar refractivity (Wildman–Crippen MR) is 128 cm³/mol. The number of hydrogen-bond donors (Lipinski definition) is 2. The van der Waals surface area contributed by atoms with Crippen LogP contribution in [0.5, 0.6) is 0 Å². The molecule has 0 unspecified atom stereocenters. The number of benzene rings is 1. The van der Waals surface area contributed by atoms with Gasteiger partial charge in [-0.3, -0.25) is 4.79 Å². The zero-order chi connectivity index (χ0) is 25.0. The summed E-state index contributed by atoms with van der Waals surface area (Å²) in [5, 5.41) is 21.9. The highest BCUT2D eigenvalue weighted by molar-refractivity contribution is 7.16. The maximum absolute atomic E-state index is 12.8. The zero-order valence-electron chi connectivity index (χ0n) is 18.4. The molecular formula is C24H19ClN2O6S. The van der Waals surface area contributed by atoms with E-state index in [0.717, 1.165) is 4.88 Å². The molecule has 0 saturated heterocycles. The molecule has 0 atom stereocenters. The topological polar surface area (TPSA) is 130 Å². The lowest BCUT2D eigenvalue weighted by Gasteiger charge is -2.06. The van der Waals surface area contributed by atoms with Crippen molar-refractivity contribution in [3.05, 3.63) is 68.3 Å². The molecule has 0 fully saturated rings. The van der Waals surface area contributed by atoms with Gasteiger partial charge in [-0.05, 0) is 56.7 Å². The number of anilines is 1. The Bertz CT molecular complexity index is 1360. The summed E-state index contributed by atoms with van der Waals surface area (Å²) in [4.78, 5) is 37.2. The van der Waals surface area contributed by atoms with E-state index in [1.807, 2.05) is 13.0 Å². The molecule has 1 aromatic carbocycles. The average molecular weight is 499 g/mol. The molecular weight excluding hydrogens is 480 g/mol. The molecule has 3 aromatic rings. The highest BCUT2D eigenvalue weighted by Gasteiger charge is 2.23. The molecule has 3 rings (SSSR count). The fourth-order valence-corrected chi connectivity index (χ4v) is 4.30. The van der Waals surface area contributed by atoms with E-state index in [1.54, 1.807) is 19.9 Å². The normalized spacial score (nSPS) is 11.1. The van der Waals surface area contributed by atoms with E-state index in [2.05, 4.69) is 5.32 Å². The molecule has 0 saturated carbocycles. The Morgan fingerprint density at radius 3 is 2.65 bits per heavy atom. The van der Waals surface area contributed by atoms with Crippen LogP contribution in [-0.2, 0) is 9.53 Å². The summed E-state index contributed by atoms with van der Waals surface area (Å²) in [5.74, 6) is -1.94. The van der Waals surface area contributed by atoms with Gasteiger partial charge in [-0.2, -0.15) is 5.26 Å². The van der Waals surface area contributed by atoms with Crippen LogP contribution >= 0.6 is 22.9 Å². The number of halogens is 1. The summed E-state index contributed by atoms with van der Waals surface area (Å²) in [6, 6.07) is 9.08. The Balaban J connectivity index is 1.89. The van der Waals surface area contributed by atoms with Crippen LogP contribution in [0.25, 0.3) is 17.4 Å². The molecule has 0 aliphatic heterocycles. The summed E-state index contributed by atoms with van der Waals surface area (Å²) in [6.07, 6.45) is 1.24. The first-order valence-corrected chi connectivity index (χ1v) is 11.2. The summed E-state index contributed by atoms with van der Waals surface area (Å²) in [7, 11) is 0. The second-order valence-corrected chi connectivity index (χ2v) is 8.67. The minimum absolute atomic E-state index is 0.0314. The van der Waals surface area contributed by atoms with Crippen LogP contribution in [0, 0.1) is 25.2 Å². The minimum Gasteiger partial charge on any atom is -0.478 e. The third kappa shape index (κ3) is 5.20. The van der Waals surface area contributed by atoms with Gasteiger partial charge in [0.05, 0.1) is 22.8 Å². The van der Waals surface area contributed by atoms with Crippen molar-refractivity contribution in [1.82, 2.24) is 0 Å². The number of nitrogens with one attached hydrogen (secondary N) is 1. The van der Waals surface area contributed by atoms with E-state index >= 15 is 0 Å². The number of carboxylic acids is 1. The van der Waals surface area contributed by atoms with Gasteiger partial charge in [0.25, 0.3) is 5.91 Å². The molecule has 1 amide bonds. The van der Waals surface area contributed by atoms with E-state index in [0.29, 0.717) is 11.1 Å². The third-order valence-electron chi connectivity index (χ3n) is 4.85. The van der Waals surface area contributed by atoms with Crippen LogP contribution < -0.4 is 5.32 Å². The van der Waals surface area contributed by atoms with E-state index in [-0.39, 0.29) is 44.9 Å². The van der Waals surface area contributed by atoms with E-state index in [1.165, 1.54) is 41.7 Å². The van der Waals surface area contributed by atoms with Crippen molar-refractivity contribution in [1.29, 1.82) is 5.26 Å². The number of carbonyl (C=O) groups excluding carboxylic acids is 2. The lowest BCUT2D eigenvalue weighted by molar-refractivity contribution is -0.112. The summed E-state index contributed by atoms with van der Waals surface area (Å²) < 4.78 is 10.8. The fourth-order valence-electron chi connectivity index (χ4n) is 3.05. The Hall–Kier alpha value is -3.87. The van der Waals surface area contributed by atoms with Crippen LogP contribution in [-0.4, -0.2) is 29.6 Å². The Morgan fingerprint density at radius 2 is 2.00 bits per heavy atom. The van der Waals surface area contributed by atoms with Crippen LogP contribution in [0.2, 0.25) is 5.02 Å². The molecule has 2 aromatic heterocycles. The Morgan fingerprint density at radius 1 is 1.26 bits per heavy atom.